The van der Waals surface area contributed by atoms with Gasteiger partial charge in [0.25, 0.3) is 0 Å². The molecule has 2 aromatic rings. The summed E-state index contributed by atoms with van der Waals surface area (Å²) in [5, 5.41) is 9.23. The van der Waals surface area contributed by atoms with Crippen LogP contribution in [0.15, 0.2) is 35.2 Å². The highest BCUT2D eigenvalue weighted by molar-refractivity contribution is 7.90. The van der Waals surface area contributed by atoms with Crippen molar-refractivity contribution in [2.75, 3.05) is 6.26 Å². The minimum atomic E-state index is -3.34. The topological polar surface area (TPSA) is 89.9 Å². The Morgan fingerprint density at radius 2 is 1.88 bits per heavy atom. The van der Waals surface area contributed by atoms with Gasteiger partial charge < -0.3 is 14.6 Å². The average molecular weight is 380 g/mol. The summed E-state index contributed by atoms with van der Waals surface area (Å²) in [7, 11) is -3.34. The second kappa shape index (κ2) is 5.98. The zero-order chi connectivity index (χ0) is 19.3. The zero-order valence-electron chi connectivity index (χ0n) is 14.4. The van der Waals surface area contributed by atoms with E-state index in [1.807, 2.05) is 0 Å². The van der Waals surface area contributed by atoms with Crippen molar-refractivity contribution in [3.05, 3.63) is 47.3 Å². The molecule has 3 rings (SSSR count). The highest BCUT2D eigenvalue weighted by Crippen LogP contribution is 2.45. The molecule has 1 aliphatic heterocycles. The van der Waals surface area contributed by atoms with Crippen molar-refractivity contribution >= 4 is 15.8 Å². The fourth-order valence-corrected chi connectivity index (χ4v) is 3.42. The Bertz CT molecular complexity index is 993. The predicted octanol–water partition coefficient (Wildman–Crippen LogP) is 3.43. The minimum Gasteiger partial charge on any atom is -0.484 e. The van der Waals surface area contributed by atoms with Crippen molar-refractivity contribution < 1.29 is 32.2 Å². The number of carbonyl (C=O) groups is 1. The number of rotatable bonds is 4. The quantitative estimate of drug-likeness (QED) is 0.874. The number of hydrogen-bond acceptors (Lipinski definition) is 5. The molecule has 0 fully saturated rings. The van der Waals surface area contributed by atoms with E-state index in [1.54, 1.807) is 13.8 Å². The van der Waals surface area contributed by atoms with E-state index in [2.05, 4.69) is 0 Å². The first-order valence-electron chi connectivity index (χ1n) is 7.73. The molecule has 0 atom stereocenters. The van der Waals surface area contributed by atoms with Gasteiger partial charge >= 0.3 is 5.97 Å². The maximum absolute atomic E-state index is 14.4. The molecule has 8 heteroatoms. The van der Waals surface area contributed by atoms with Gasteiger partial charge in [-0.1, -0.05) is 0 Å². The summed E-state index contributed by atoms with van der Waals surface area (Å²) in [5.74, 6) is -2.03. The average Bonchev–Trinajstić information content (AvgIpc) is 2.85. The van der Waals surface area contributed by atoms with E-state index in [-0.39, 0.29) is 16.4 Å². The Labute approximate surface area is 150 Å². The fourth-order valence-electron chi connectivity index (χ4n) is 2.79. The number of benzene rings is 2. The number of sulfone groups is 1. The molecule has 0 unspecified atom stereocenters. The number of aromatic carboxylic acids is 1. The molecule has 0 radical (unpaired) electrons. The van der Waals surface area contributed by atoms with Gasteiger partial charge in [-0.15, -0.1) is 0 Å². The van der Waals surface area contributed by atoms with Crippen LogP contribution in [0.4, 0.5) is 4.39 Å². The van der Waals surface area contributed by atoms with E-state index >= 15 is 0 Å². The molecule has 1 heterocycles. The number of halogens is 1. The fraction of sp³-hybridized carbons (Fsp3) is 0.278. The Hall–Kier alpha value is -2.61. The summed E-state index contributed by atoms with van der Waals surface area (Å²) in [6.07, 6.45) is 1.43. The van der Waals surface area contributed by atoms with Gasteiger partial charge in [0.05, 0.1) is 4.90 Å². The van der Waals surface area contributed by atoms with Crippen LogP contribution in [0.5, 0.6) is 17.2 Å². The van der Waals surface area contributed by atoms with Crippen LogP contribution < -0.4 is 9.47 Å². The molecule has 0 aliphatic carbocycles. The molecule has 6 nitrogen and oxygen atoms in total. The first-order chi connectivity index (χ1) is 12.0. The van der Waals surface area contributed by atoms with Gasteiger partial charge in [0, 0.05) is 18.2 Å². The van der Waals surface area contributed by atoms with E-state index in [4.69, 9.17) is 9.47 Å². The SMILES string of the molecule is CC1(C)Cc2c(Oc3ccc(S(C)(=O)=O)cc3)cc(C(=O)O)c(F)c2O1. The first-order valence-corrected chi connectivity index (χ1v) is 9.63. The van der Waals surface area contributed by atoms with E-state index in [0.717, 1.165) is 12.3 Å². The lowest BCUT2D eigenvalue weighted by Crippen LogP contribution is -2.25. The van der Waals surface area contributed by atoms with Crippen LogP contribution in [0.2, 0.25) is 0 Å². The van der Waals surface area contributed by atoms with Gasteiger partial charge in [0.15, 0.2) is 21.4 Å². The molecule has 0 spiro atoms. The third-order valence-corrected chi connectivity index (χ3v) is 5.10. The van der Waals surface area contributed by atoms with Crippen LogP contribution in [0.3, 0.4) is 0 Å². The Morgan fingerprint density at radius 1 is 1.27 bits per heavy atom. The van der Waals surface area contributed by atoms with E-state index in [1.165, 1.54) is 24.3 Å². The number of hydrogen-bond donors (Lipinski definition) is 1. The third kappa shape index (κ3) is 3.37. The van der Waals surface area contributed by atoms with Crippen LogP contribution in [0, 0.1) is 5.82 Å². The predicted molar refractivity (Wildman–Crippen MR) is 91.4 cm³/mol. The van der Waals surface area contributed by atoms with Crippen molar-refractivity contribution in [2.45, 2.75) is 30.8 Å². The molecule has 138 valence electrons. The monoisotopic (exact) mass is 380 g/mol. The molecule has 2 aromatic carbocycles. The van der Waals surface area contributed by atoms with Gasteiger partial charge in [-0.05, 0) is 44.2 Å². The molecule has 0 amide bonds. The second-order valence-corrected chi connectivity index (χ2v) is 8.75. The summed E-state index contributed by atoms with van der Waals surface area (Å²) in [4.78, 5) is 11.5. The van der Waals surface area contributed by atoms with Crippen molar-refractivity contribution in [2.24, 2.45) is 0 Å². The number of ether oxygens (including phenoxy) is 2. The lowest BCUT2D eigenvalue weighted by molar-refractivity contribution is 0.0688. The molecule has 0 saturated heterocycles. The van der Waals surface area contributed by atoms with Crippen LogP contribution in [-0.4, -0.2) is 31.4 Å². The Morgan fingerprint density at radius 3 is 2.42 bits per heavy atom. The van der Waals surface area contributed by atoms with Gasteiger partial charge in [-0.25, -0.2) is 17.6 Å². The minimum absolute atomic E-state index is 0.127. The number of carboxylic acid groups (broad SMARTS) is 1. The molecule has 0 saturated carbocycles. The van der Waals surface area contributed by atoms with E-state index in [9.17, 15) is 22.7 Å². The van der Waals surface area contributed by atoms with Crippen LogP contribution >= 0.6 is 0 Å². The second-order valence-electron chi connectivity index (χ2n) is 6.73. The smallest absolute Gasteiger partial charge is 0.338 e. The number of carboxylic acids is 1. The van der Waals surface area contributed by atoms with Gasteiger partial charge in [0.2, 0.25) is 0 Å². The highest BCUT2D eigenvalue weighted by atomic mass is 32.2. The maximum atomic E-state index is 14.4. The third-order valence-electron chi connectivity index (χ3n) is 3.97. The summed E-state index contributed by atoms with van der Waals surface area (Å²) in [6, 6.07) is 6.78. The largest absolute Gasteiger partial charge is 0.484 e. The highest BCUT2D eigenvalue weighted by Gasteiger charge is 2.37. The van der Waals surface area contributed by atoms with Gasteiger partial charge in [-0.2, -0.15) is 0 Å². The van der Waals surface area contributed by atoms with Crippen molar-refractivity contribution in [3.63, 3.8) is 0 Å². The Kier molecular flexibility index (Phi) is 4.18. The molecule has 0 bridgehead atoms. The Balaban J connectivity index is 2.04. The molecule has 26 heavy (non-hydrogen) atoms. The summed E-state index contributed by atoms with van der Waals surface area (Å²) < 4.78 is 48.8. The molecule has 1 aliphatic rings. The number of fused-ring (bicyclic) bond motifs is 1. The van der Waals surface area contributed by atoms with Crippen molar-refractivity contribution in [1.82, 2.24) is 0 Å². The van der Waals surface area contributed by atoms with Crippen LogP contribution in [0.25, 0.3) is 0 Å². The zero-order valence-corrected chi connectivity index (χ0v) is 15.2. The maximum Gasteiger partial charge on any atom is 0.338 e. The summed E-state index contributed by atoms with van der Waals surface area (Å²) in [5.41, 5.74) is -0.813. The van der Waals surface area contributed by atoms with Gasteiger partial charge in [-0.3, -0.25) is 0 Å². The molecular formula is C18H17FO6S. The first kappa shape index (κ1) is 18.2. The molecule has 0 aromatic heterocycles. The summed E-state index contributed by atoms with van der Waals surface area (Å²) >= 11 is 0. The van der Waals surface area contributed by atoms with E-state index in [0.29, 0.717) is 17.7 Å². The van der Waals surface area contributed by atoms with Crippen LogP contribution in [-0.2, 0) is 16.3 Å². The van der Waals surface area contributed by atoms with E-state index < -0.39 is 32.8 Å². The lowest BCUT2D eigenvalue weighted by Gasteiger charge is -2.17. The van der Waals surface area contributed by atoms with Gasteiger partial charge in [0.1, 0.15) is 22.7 Å². The lowest BCUT2D eigenvalue weighted by atomic mass is 9.99. The normalized spacial score (nSPS) is 15.2. The van der Waals surface area contributed by atoms with Crippen LogP contribution in [0.1, 0.15) is 29.8 Å². The standard InChI is InChI=1S/C18H17FO6S/c1-18(2)9-13-14(8-12(17(20)21)15(19)16(13)25-18)24-10-4-6-11(7-5-10)26(3,22)23/h4-8H,9H2,1-3H3,(H,20,21). The molecule has 1 N–H and O–H groups in total. The van der Waals surface area contributed by atoms with Crippen molar-refractivity contribution in [3.8, 4) is 17.2 Å². The summed E-state index contributed by atoms with van der Waals surface area (Å²) in [6.45, 7) is 3.52. The molecular weight excluding hydrogens is 363 g/mol. The van der Waals surface area contributed by atoms with Crippen molar-refractivity contribution in [1.29, 1.82) is 0 Å².